The van der Waals surface area contributed by atoms with E-state index in [9.17, 15) is 4.79 Å². The molecule has 146 valence electrons. The lowest BCUT2D eigenvalue weighted by Crippen LogP contribution is -2.46. The molecular weight excluding hydrogens is 346 g/mol. The molecule has 0 radical (unpaired) electrons. The molecule has 2 aromatic rings. The number of amides is 1. The lowest BCUT2D eigenvalue weighted by atomic mass is 9.77. The number of aryl methyl sites for hydroxylation is 2. The number of fused-ring (bicyclic) bond motifs is 2. The normalized spacial score (nSPS) is 22.6. The number of ether oxygens (including phenoxy) is 1. The third kappa shape index (κ3) is 3.32. The molecule has 5 rings (SSSR count). The molecule has 0 bridgehead atoms. The summed E-state index contributed by atoms with van der Waals surface area (Å²) in [5.41, 5.74) is 4.57. The van der Waals surface area contributed by atoms with Crippen molar-refractivity contribution >= 4 is 5.91 Å². The third-order valence-electron chi connectivity index (χ3n) is 6.88. The van der Waals surface area contributed by atoms with Crippen molar-refractivity contribution in [1.82, 2.24) is 5.32 Å². The SMILES string of the molecule is O=C(NC1CC2(CCCCC2)Oc2ccccc21)c1ccc2c(c1)CCCC2. The van der Waals surface area contributed by atoms with Gasteiger partial charge in [0.25, 0.3) is 5.91 Å². The zero-order valence-corrected chi connectivity index (χ0v) is 16.5. The summed E-state index contributed by atoms with van der Waals surface area (Å²) in [5.74, 6) is 0.993. The summed E-state index contributed by atoms with van der Waals surface area (Å²) in [6, 6.07) is 14.5. The minimum absolute atomic E-state index is 0.0200. The van der Waals surface area contributed by atoms with Gasteiger partial charge in [0, 0.05) is 17.5 Å². The Morgan fingerprint density at radius 3 is 2.57 bits per heavy atom. The molecule has 1 aliphatic heterocycles. The number of rotatable bonds is 2. The van der Waals surface area contributed by atoms with Gasteiger partial charge in [0.05, 0.1) is 6.04 Å². The second kappa shape index (κ2) is 7.27. The second-order valence-electron chi connectivity index (χ2n) is 8.80. The molecule has 1 atom stereocenters. The quantitative estimate of drug-likeness (QED) is 0.750. The average molecular weight is 376 g/mol. The van der Waals surface area contributed by atoms with Crippen molar-refractivity contribution in [3.63, 3.8) is 0 Å². The summed E-state index contributed by atoms with van der Waals surface area (Å²) >= 11 is 0. The van der Waals surface area contributed by atoms with Crippen molar-refractivity contribution < 1.29 is 9.53 Å². The van der Waals surface area contributed by atoms with Crippen molar-refractivity contribution in [3.8, 4) is 5.75 Å². The van der Waals surface area contributed by atoms with Gasteiger partial charge in [-0.1, -0.05) is 30.7 Å². The van der Waals surface area contributed by atoms with E-state index in [2.05, 4.69) is 29.6 Å². The van der Waals surface area contributed by atoms with Crippen LogP contribution in [0.25, 0.3) is 0 Å². The summed E-state index contributed by atoms with van der Waals surface area (Å²) in [7, 11) is 0. The molecule has 3 aliphatic rings. The summed E-state index contributed by atoms with van der Waals surface area (Å²) < 4.78 is 6.50. The number of carbonyl (C=O) groups excluding carboxylic acids is 1. The van der Waals surface area contributed by atoms with Crippen LogP contribution in [0.15, 0.2) is 42.5 Å². The first-order valence-electron chi connectivity index (χ1n) is 10.9. The lowest BCUT2D eigenvalue weighted by Gasteiger charge is -2.44. The Labute approximate surface area is 167 Å². The molecule has 1 unspecified atom stereocenters. The molecule has 1 amide bonds. The molecule has 3 heteroatoms. The minimum atomic E-state index is -0.111. The Hall–Kier alpha value is -2.29. The molecule has 2 aromatic carbocycles. The fourth-order valence-corrected chi connectivity index (χ4v) is 5.37. The molecule has 1 fully saturated rings. The maximum Gasteiger partial charge on any atom is 0.251 e. The van der Waals surface area contributed by atoms with Gasteiger partial charge in [0.2, 0.25) is 0 Å². The Morgan fingerprint density at radius 1 is 0.929 bits per heavy atom. The first-order chi connectivity index (χ1) is 13.7. The van der Waals surface area contributed by atoms with E-state index in [1.807, 2.05) is 18.2 Å². The zero-order chi connectivity index (χ0) is 19.0. The van der Waals surface area contributed by atoms with Gasteiger partial charge in [-0.3, -0.25) is 4.79 Å². The van der Waals surface area contributed by atoms with Crippen LogP contribution in [0.1, 0.15) is 84.5 Å². The van der Waals surface area contributed by atoms with E-state index < -0.39 is 0 Å². The fourth-order valence-electron chi connectivity index (χ4n) is 5.37. The standard InChI is InChI=1S/C25H29NO2/c27-24(20-13-12-18-8-2-3-9-19(18)16-20)26-22-17-25(14-6-1-7-15-25)28-23-11-5-4-10-21(22)23/h4-5,10-13,16,22H,1-3,6-9,14-15,17H2,(H,26,27). The van der Waals surface area contributed by atoms with Crippen LogP contribution in [0.4, 0.5) is 0 Å². The topological polar surface area (TPSA) is 38.3 Å². The highest BCUT2D eigenvalue weighted by Gasteiger charge is 2.42. The van der Waals surface area contributed by atoms with Crippen LogP contribution in [0.3, 0.4) is 0 Å². The van der Waals surface area contributed by atoms with Crippen molar-refractivity contribution in [2.45, 2.75) is 75.9 Å². The number of hydrogen-bond acceptors (Lipinski definition) is 2. The first kappa shape index (κ1) is 17.8. The highest BCUT2D eigenvalue weighted by atomic mass is 16.5. The number of carbonyl (C=O) groups is 1. The van der Waals surface area contributed by atoms with Crippen LogP contribution in [0, 0.1) is 0 Å². The molecule has 1 saturated carbocycles. The van der Waals surface area contributed by atoms with E-state index in [0.717, 1.165) is 49.0 Å². The third-order valence-corrected chi connectivity index (χ3v) is 6.88. The highest BCUT2D eigenvalue weighted by molar-refractivity contribution is 5.94. The summed E-state index contributed by atoms with van der Waals surface area (Å²) in [6.07, 6.45) is 11.5. The Morgan fingerprint density at radius 2 is 1.71 bits per heavy atom. The summed E-state index contributed by atoms with van der Waals surface area (Å²) in [6.45, 7) is 0. The van der Waals surface area contributed by atoms with Crippen LogP contribution < -0.4 is 10.1 Å². The van der Waals surface area contributed by atoms with Crippen molar-refractivity contribution in [2.24, 2.45) is 0 Å². The van der Waals surface area contributed by atoms with Gasteiger partial charge in [0.1, 0.15) is 11.4 Å². The molecular formula is C25H29NO2. The van der Waals surface area contributed by atoms with Crippen LogP contribution in [0.2, 0.25) is 0 Å². The highest BCUT2D eigenvalue weighted by Crippen LogP contribution is 2.46. The minimum Gasteiger partial charge on any atom is -0.487 e. The maximum atomic E-state index is 13.1. The van der Waals surface area contributed by atoms with Gasteiger partial charge in [-0.05, 0) is 80.7 Å². The summed E-state index contributed by atoms with van der Waals surface area (Å²) in [4.78, 5) is 13.1. The number of hydrogen-bond donors (Lipinski definition) is 1. The monoisotopic (exact) mass is 375 g/mol. The van der Waals surface area contributed by atoms with E-state index in [4.69, 9.17) is 4.74 Å². The maximum absolute atomic E-state index is 13.1. The Kier molecular flexibility index (Phi) is 4.62. The van der Waals surface area contributed by atoms with E-state index >= 15 is 0 Å². The van der Waals surface area contributed by atoms with E-state index in [0.29, 0.717) is 0 Å². The summed E-state index contributed by atoms with van der Waals surface area (Å²) in [5, 5.41) is 3.35. The lowest BCUT2D eigenvalue weighted by molar-refractivity contribution is -0.00210. The Balaban J connectivity index is 1.41. The van der Waals surface area contributed by atoms with Crippen molar-refractivity contribution in [2.75, 3.05) is 0 Å². The number of para-hydroxylation sites is 1. The first-order valence-corrected chi connectivity index (χ1v) is 10.9. The molecule has 0 aromatic heterocycles. The van der Waals surface area contributed by atoms with Crippen molar-refractivity contribution in [3.05, 3.63) is 64.7 Å². The predicted octanol–water partition coefficient (Wildman–Crippen LogP) is 5.52. The van der Waals surface area contributed by atoms with Crippen LogP contribution >= 0.6 is 0 Å². The smallest absolute Gasteiger partial charge is 0.251 e. The van der Waals surface area contributed by atoms with Gasteiger partial charge in [-0.25, -0.2) is 0 Å². The number of benzene rings is 2. The molecule has 28 heavy (non-hydrogen) atoms. The van der Waals surface area contributed by atoms with Crippen molar-refractivity contribution in [1.29, 1.82) is 0 Å². The molecule has 2 aliphatic carbocycles. The van der Waals surface area contributed by atoms with Crippen LogP contribution in [0.5, 0.6) is 5.75 Å². The van der Waals surface area contributed by atoms with Gasteiger partial charge in [-0.2, -0.15) is 0 Å². The van der Waals surface area contributed by atoms with Crippen LogP contribution in [-0.2, 0) is 12.8 Å². The molecule has 1 heterocycles. The van der Waals surface area contributed by atoms with E-state index in [1.165, 1.54) is 43.2 Å². The molecule has 1 N–H and O–H groups in total. The van der Waals surface area contributed by atoms with Gasteiger partial charge in [-0.15, -0.1) is 0 Å². The predicted molar refractivity (Wildman–Crippen MR) is 111 cm³/mol. The molecule has 3 nitrogen and oxygen atoms in total. The van der Waals surface area contributed by atoms with Gasteiger partial charge < -0.3 is 10.1 Å². The fraction of sp³-hybridized carbons (Fsp3) is 0.480. The number of nitrogens with one attached hydrogen (secondary N) is 1. The molecule has 1 spiro atoms. The van der Waals surface area contributed by atoms with E-state index in [-0.39, 0.29) is 17.6 Å². The Bertz CT molecular complexity index is 882. The largest absolute Gasteiger partial charge is 0.487 e. The van der Waals surface area contributed by atoms with Gasteiger partial charge in [0.15, 0.2) is 0 Å². The van der Waals surface area contributed by atoms with Crippen LogP contribution in [-0.4, -0.2) is 11.5 Å². The van der Waals surface area contributed by atoms with Gasteiger partial charge >= 0.3 is 0 Å². The zero-order valence-electron chi connectivity index (χ0n) is 16.5. The second-order valence-corrected chi connectivity index (χ2v) is 8.80. The molecule has 0 saturated heterocycles. The average Bonchev–Trinajstić information content (AvgIpc) is 2.74. The van der Waals surface area contributed by atoms with E-state index in [1.54, 1.807) is 0 Å².